The average molecular weight is 468 g/mol. The third kappa shape index (κ3) is 3.22. The summed E-state index contributed by atoms with van der Waals surface area (Å²) in [4.78, 5) is 22.2. The number of benzene rings is 3. The first-order valence-electron chi connectivity index (χ1n) is 10.8. The second-order valence-corrected chi connectivity index (χ2v) is 9.30. The highest BCUT2D eigenvalue weighted by Crippen LogP contribution is 2.32. The highest BCUT2D eigenvalue weighted by atomic mass is 32.1. The Morgan fingerprint density at radius 2 is 1.74 bits per heavy atom. The lowest BCUT2D eigenvalue weighted by Gasteiger charge is -2.09. The number of hydrogen-bond donors (Lipinski definition) is 1. The van der Waals surface area contributed by atoms with Crippen LogP contribution in [0.15, 0.2) is 71.7 Å². The van der Waals surface area contributed by atoms with Crippen molar-refractivity contribution in [3.63, 3.8) is 0 Å². The van der Waals surface area contributed by atoms with E-state index >= 15 is 0 Å². The first-order valence-corrected chi connectivity index (χ1v) is 11.6. The molecule has 168 valence electrons. The summed E-state index contributed by atoms with van der Waals surface area (Å²) in [7, 11) is 3.43. The van der Waals surface area contributed by atoms with Crippen LogP contribution < -0.4 is 16.2 Å². The van der Waals surface area contributed by atoms with Crippen molar-refractivity contribution in [2.45, 2.75) is 6.54 Å². The second-order valence-electron chi connectivity index (χ2n) is 8.23. The van der Waals surface area contributed by atoms with Crippen molar-refractivity contribution in [3.8, 4) is 16.9 Å². The Bertz CT molecular complexity index is 1760. The number of nitrogens with zero attached hydrogens (tertiary/aromatic N) is 4. The lowest BCUT2D eigenvalue weighted by atomic mass is 10.0. The molecule has 34 heavy (non-hydrogen) atoms. The molecule has 0 atom stereocenters. The lowest BCUT2D eigenvalue weighted by molar-refractivity contribution is 0.414. The van der Waals surface area contributed by atoms with Crippen LogP contribution in [0, 0.1) is 0 Å². The van der Waals surface area contributed by atoms with Gasteiger partial charge in [0.25, 0.3) is 0 Å². The number of thiazole rings is 1. The van der Waals surface area contributed by atoms with Crippen molar-refractivity contribution in [3.05, 3.63) is 82.9 Å². The van der Waals surface area contributed by atoms with Gasteiger partial charge in [0.05, 0.1) is 46.6 Å². The minimum Gasteiger partial charge on any atom is -0.497 e. The number of methoxy groups -OCH3 is 1. The number of nitrogens with two attached hydrogens (primary N) is 1. The Morgan fingerprint density at radius 3 is 2.50 bits per heavy atom. The normalized spacial score (nSPS) is 11.6. The highest BCUT2D eigenvalue weighted by Gasteiger charge is 2.16. The highest BCUT2D eigenvalue weighted by molar-refractivity contribution is 7.22. The third-order valence-corrected chi connectivity index (χ3v) is 7.05. The number of rotatable bonds is 4. The summed E-state index contributed by atoms with van der Waals surface area (Å²) in [6.45, 7) is 0.454. The summed E-state index contributed by atoms with van der Waals surface area (Å²) >= 11 is 1.48. The largest absolute Gasteiger partial charge is 0.497 e. The van der Waals surface area contributed by atoms with Gasteiger partial charge < -0.3 is 10.5 Å². The zero-order valence-corrected chi connectivity index (χ0v) is 19.5. The maximum absolute atomic E-state index is 13.2. The fraction of sp³-hybridized carbons (Fsp3) is 0.115. The SMILES string of the molecule is COc1ccc(Cn2c(=O)n(C)c3cnc4ccc(-c5ccc6nc(N)sc6c5)cc4c32)cc1. The van der Waals surface area contributed by atoms with E-state index in [1.165, 1.54) is 11.3 Å². The Labute approximate surface area is 198 Å². The summed E-state index contributed by atoms with van der Waals surface area (Å²) in [6.07, 6.45) is 1.77. The molecule has 0 aliphatic rings. The number of aryl methyl sites for hydroxylation is 1. The minimum atomic E-state index is -0.0768. The van der Waals surface area contributed by atoms with Crippen LogP contribution in [0.25, 0.3) is 43.3 Å². The van der Waals surface area contributed by atoms with Crippen LogP contribution >= 0.6 is 11.3 Å². The molecule has 0 fully saturated rings. The maximum atomic E-state index is 13.2. The van der Waals surface area contributed by atoms with Gasteiger partial charge in [-0.2, -0.15) is 0 Å². The van der Waals surface area contributed by atoms with Gasteiger partial charge in [0.1, 0.15) is 5.75 Å². The van der Waals surface area contributed by atoms with E-state index in [1.54, 1.807) is 24.9 Å². The molecule has 8 heteroatoms. The van der Waals surface area contributed by atoms with Crippen LogP contribution in [0.5, 0.6) is 5.75 Å². The number of aromatic nitrogens is 4. The fourth-order valence-electron chi connectivity index (χ4n) is 4.44. The van der Waals surface area contributed by atoms with E-state index < -0.39 is 0 Å². The molecule has 0 aliphatic heterocycles. The summed E-state index contributed by atoms with van der Waals surface area (Å²) in [5.74, 6) is 0.785. The van der Waals surface area contributed by atoms with Gasteiger partial charge >= 0.3 is 5.69 Å². The van der Waals surface area contributed by atoms with Gasteiger partial charge in [-0.25, -0.2) is 9.78 Å². The fourth-order valence-corrected chi connectivity index (χ4v) is 5.21. The van der Waals surface area contributed by atoms with Crippen molar-refractivity contribution < 1.29 is 4.74 Å². The molecule has 0 bridgehead atoms. The molecule has 6 rings (SSSR count). The molecule has 3 heterocycles. The molecule has 0 unspecified atom stereocenters. The van der Waals surface area contributed by atoms with E-state index in [-0.39, 0.29) is 5.69 Å². The zero-order chi connectivity index (χ0) is 23.4. The molecule has 3 aromatic heterocycles. The molecule has 0 spiro atoms. The average Bonchev–Trinajstić information content (AvgIpc) is 3.35. The molecule has 7 nitrogen and oxygen atoms in total. The van der Waals surface area contributed by atoms with E-state index in [2.05, 4.69) is 28.2 Å². The minimum absolute atomic E-state index is 0.0768. The molecular formula is C26H21N5O2S. The summed E-state index contributed by atoms with van der Waals surface area (Å²) in [5.41, 5.74) is 12.3. The van der Waals surface area contributed by atoms with Crippen molar-refractivity contribution in [2.75, 3.05) is 12.8 Å². The van der Waals surface area contributed by atoms with Gasteiger partial charge in [-0.05, 0) is 53.1 Å². The Balaban J connectivity index is 1.55. The number of ether oxygens (including phenoxy) is 1. The molecule has 0 aliphatic carbocycles. The van der Waals surface area contributed by atoms with Gasteiger partial charge in [-0.1, -0.05) is 35.6 Å². The van der Waals surface area contributed by atoms with Crippen LogP contribution in [-0.4, -0.2) is 26.2 Å². The monoisotopic (exact) mass is 467 g/mol. The van der Waals surface area contributed by atoms with Gasteiger partial charge in [-0.15, -0.1) is 0 Å². The van der Waals surface area contributed by atoms with Crippen molar-refractivity contribution in [1.29, 1.82) is 0 Å². The topological polar surface area (TPSA) is 88.0 Å². The summed E-state index contributed by atoms with van der Waals surface area (Å²) < 4.78 is 9.79. The number of anilines is 1. The third-order valence-electron chi connectivity index (χ3n) is 6.21. The van der Waals surface area contributed by atoms with Crippen LogP contribution in [0.2, 0.25) is 0 Å². The van der Waals surface area contributed by atoms with Gasteiger partial charge in [0.2, 0.25) is 0 Å². The summed E-state index contributed by atoms with van der Waals surface area (Å²) in [5, 5.41) is 1.49. The number of pyridine rings is 1. The van der Waals surface area contributed by atoms with Crippen molar-refractivity contribution in [2.24, 2.45) is 7.05 Å². The number of nitrogen functional groups attached to an aromatic ring is 1. The predicted octanol–water partition coefficient (Wildman–Crippen LogP) is 4.80. The molecule has 0 saturated heterocycles. The Morgan fingerprint density at radius 1 is 1.00 bits per heavy atom. The van der Waals surface area contributed by atoms with E-state index in [0.29, 0.717) is 11.7 Å². The van der Waals surface area contributed by atoms with E-state index in [9.17, 15) is 4.79 Å². The number of fused-ring (bicyclic) bond motifs is 4. The Hall–Kier alpha value is -4.17. The quantitative estimate of drug-likeness (QED) is 0.402. The standard InChI is InChI=1S/C26H21N5O2S/c1-30-22-13-28-20-9-5-16(17-6-10-21-23(12-17)34-25(27)29-21)11-19(20)24(22)31(26(30)32)14-15-3-7-18(33-2)8-4-15/h3-13H,14H2,1-2H3,(H2,27,29). The van der Waals surface area contributed by atoms with Gasteiger partial charge in [0, 0.05) is 12.4 Å². The molecule has 6 aromatic rings. The number of hydrogen-bond acceptors (Lipinski definition) is 6. The second kappa shape index (κ2) is 7.71. The van der Waals surface area contributed by atoms with E-state index in [0.717, 1.165) is 54.6 Å². The van der Waals surface area contributed by atoms with Crippen LogP contribution in [0.4, 0.5) is 5.13 Å². The van der Waals surface area contributed by atoms with Crippen LogP contribution in [0.3, 0.4) is 0 Å². The molecule has 0 saturated carbocycles. The molecule has 2 N–H and O–H groups in total. The first-order chi connectivity index (χ1) is 16.5. The maximum Gasteiger partial charge on any atom is 0.329 e. The molecule has 3 aromatic carbocycles. The van der Waals surface area contributed by atoms with Crippen molar-refractivity contribution in [1.82, 2.24) is 19.1 Å². The molecular weight excluding hydrogens is 446 g/mol. The molecule has 0 radical (unpaired) electrons. The predicted molar refractivity (Wildman–Crippen MR) is 138 cm³/mol. The van der Waals surface area contributed by atoms with Gasteiger partial charge in [-0.3, -0.25) is 14.1 Å². The summed E-state index contributed by atoms with van der Waals surface area (Å²) in [6, 6.07) is 20.1. The van der Waals surface area contributed by atoms with E-state index in [4.69, 9.17) is 10.5 Å². The Kier molecular flexibility index (Phi) is 4.63. The molecule has 0 amide bonds. The van der Waals surface area contributed by atoms with E-state index in [1.807, 2.05) is 47.0 Å². The smallest absolute Gasteiger partial charge is 0.329 e. The van der Waals surface area contributed by atoms with Crippen LogP contribution in [0.1, 0.15) is 5.56 Å². The zero-order valence-electron chi connectivity index (χ0n) is 18.6. The van der Waals surface area contributed by atoms with Crippen LogP contribution in [-0.2, 0) is 13.6 Å². The van der Waals surface area contributed by atoms with Crippen molar-refractivity contribution >= 4 is 48.6 Å². The lowest BCUT2D eigenvalue weighted by Crippen LogP contribution is -2.22. The number of imidazole rings is 1. The first kappa shape index (κ1) is 20.4. The van der Waals surface area contributed by atoms with Gasteiger partial charge in [0.15, 0.2) is 5.13 Å².